The molecule has 1 aromatic heterocycles. The Kier molecular flexibility index (Phi) is 4.60. The van der Waals surface area contributed by atoms with Crippen molar-refractivity contribution in [2.24, 2.45) is 4.99 Å². The quantitative estimate of drug-likeness (QED) is 0.567. The van der Waals surface area contributed by atoms with Crippen LogP contribution in [0.5, 0.6) is 0 Å². The van der Waals surface area contributed by atoms with E-state index in [4.69, 9.17) is 5.73 Å². The number of aromatic nitrogens is 1. The van der Waals surface area contributed by atoms with Crippen LogP contribution in [0.15, 0.2) is 59.9 Å². The summed E-state index contributed by atoms with van der Waals surface area (Å²) in [6, 6.07) is 13.1. The molecule has 0 atom stereocenters. The zero-order chi connectivity index (χ0) is 10.9. The molecule has 1 aromatic carbocycles. The van der Waals surface area contributed by atoms with Gasteiger partial charge in [-0.3, -0.25) is 9.98 Å². The molecule has 0 saturated carbocycles. The highest BCUT2D eigenvalue weighted by molar-refractivity contribution is 5.64. The van der Waals surface area contributed by atoms with Crippen LogP contribution < -0.4 is 5.73 Å². The number of nitrogens with two attached hydrogens (primary N) is 1. The number of benzene rings is 1. The van der Waals surface area contributed by atoms with Gasteiger partial charge in [0.2, 0.25) is 0 Å². The van der Waals surface area contributed by atoms with Crippen molar-refractivity contribution in [3.8, 4) is 0 Å². The Labute approximate surface area is 89.3 Å². The van der Waals surface area contributed by atoms with Crippen molar-refractivity contribution in [1.82, 2.24) is 4.98 Å². The summed E-state index contributed by atoms with van der Waals surface area (Å²) in [7, 11) is 0. The molecule has 0 bridgehead atoms. The molecule has 0 aliphatic heterocycles. The van der Waals surface area contributed by atoms with E-state index in [-0.39, 0.29) is 0 Å². The van der Waals surface area contributed by atoms with Crippen LogP contribution in [0.4, 0.5) is 11.4 Å². The Balaban J connectivity index is 0.000000162. The zero-order valence-electron chi connectivity index (χ0n) is 8.38. The maximum atomic E-state index is 5.50. The van der Waals surface area contributed by atoms with E-state index in [0.717, 1.165) is 5.69 Å². The highest BCUT2D eigenvalue weighted by Gasteiger charge is 1.88. The van der Waals surface area contributed by atoms with Gasteiger partial charge in [0.05, 0.1) is 11.4 Å². The molecule has 3 nitrogen and oxygen atoms in total. The number of pyridine rings is 1. The highest BCUT2D eigenvalue weighted by Crippen LogP contribution is 2.18. The molecule has 0 aliphatic carbocycles. The molecule has 2 N–H and O–H groups in total. The molecular weight excluding hydrogens is 186 g/mol. The number of nitrogens with zero attached hydrogens (tertiary/aromatic N) is 2. The molecule has 0 spiro atoms. The summed E-state index contributed by atoms with van der Waals surface area (Å²) in [5.74, 6) is 0. The van der Waals surface area contributed by atoms with Crippen molar-refractivity contribution in [3.05, 3.63) is 54.9 Å². The van der Waals surface area contributed by atoms with Crippen LogP contribution >= 0.6 is 0 Å². The fraction of sp³-hybridized carbons (Fsp3) is 0. The molecule has 0 unspecified atom stereocenters. The van der Waals surface area contributed by atoms with E-state index >= 15 is 0 Å². The van der Waals surface area contributed by atoms with E-state index in [2.05, 4.69) is 16.7 Å². The molecule has 76 valence electrons. The van der Waals surface area contributed by atoms with Crippen LogP contribution in [0.25, 0.3) is 0 Å². The van der Waals surface area contributed by atoms with Gasteiger partial charge in [-0.25, -0.2) is 0 Å². The predicted molar refractivity (Wildman–Crippen MR) is 64.3 cm³/mol. The van der Waals surface area contributed by atoms with Crippen molar-refractivity contribution in [2.75, 3.05) is 5.73 Å². The molecule has 2 rings (SSSR count). The molecule has 15 heavy (non-hydrogen) atoms. The maximum Gasteiger partial charge on any atom is 0.0851 e. The van der Waals surface area contributed by atoms with Crippen molar-refractivity contribution in [2.45, 2.75) is 0 Å². The number of hydrogen-bond acceptors (Lipinski definition) is 3. The van der Waals surface area contributed by atoms with Gasteiger partial charge in [0, 0.05) is 12.4 Å². The second-order valence-electron chi connectivity index (χ2n) is 2.74. The Bertz CT molecular complexity index is 372. The SMILES string of the molecule is C=Nc1ccccc1N.c1ccncc1. The first-order chi connectivity index (χ1) is 7.34. The third-order valence-corrected chi connectivity index (χ3v) is 1.67. The average molecular weight is 199 g/mol. The van der Waals surface area contributed by atoms with E-state index in [9.17, 15) is 0 Å². The monoisotopic (exact) mass is 199 g/mol. The lowest BCUT2D eigenvalue weighted by Crippen LogP contribution is -1.82. The predicted octanol–water partition coefficient (Wildman–Crippen LogP) is 2.68. The number of para-hydroxylation sites is 2. The summed E-state index contributed by atoms with van der Waals surface area (Å²) >= 11 is 0. The molecule has 0 saturated heterocycles. The van der Waals surface area contributed by atoms with Crippen LogP contribution in [0.1, 0.15) is 0 Å². The highest BCUT2D eigenvalue weighted by atomic mass is 14.7. The van der Waals surface area contributed by atoms with Crippen LogP contribution in [0, 0.1) is 0 Å². The van der Waals surface area contributed by atoms with E-state index in [1.54, 1.807) is 18.5 Å². The molecular formula is C12H13N3. The zero-order valence-corrected chi connectivity index (χ0v) is 8.38. The summed E-state index contributed by atoms with van der Waals surface area (Å²) in [6.07, 6.45) is 3.50. The Morgan fingerprint density at radius 3 is 2.00 bits per heavy atom. The minimum Gasteiger partial charge on any atom is -0.397 e. The molecule has 3 heteroatoms. The van der Waals surface area contributed by atoms with Crippen molar-refractivity contribution >= 4 is 18.1 Å². The van der Waals surface area contributed by atoms with Crippen molar-refractivity contribution in [1.29, 1.82) is 0 Å². The Morgan fingerprint density at radius 2 is 1.67 bits per heavy atom. The summed E-state index contributed by atoms with van der Waals surface area (Å²) in [5, 5.41) is 0. The third kappa shape index (κ3) is 4.04. The van der Waals surface area contributed by atoms with Gasteiger partial charge >= 0.3 is 0 Å². The summed E-state index contributed by atoms with van der Waals surface area (Å²) < 4.78 is 0. The first-order valence-electron chi connectivity index (χ1n) is 4.51. The minimum atomic E-state index is 0.674. The first kappa shape index (κ1) is 10.9. The minimum absolute atomic E-state index is 0.674. The van der Waals surface area contributed by atoms with Crippen LogP contribution in [0.2, 0.25) is 0 Å². The van der Waals surface area contributed by atoms with Gasteiger partial charge in [-0.2, -0.15) is 0 Å². The van der Waals surface area contributed by atoms with Crippen LogP contribution in [-0.4, -0.2) is 11.7 Å². The first-order valence-corrected chi connectivity index (χ1v) is 4.51. The summed E-state index contributed by atoms with van der Waals surface area (Å²) in [6.45, 7) is 3.36. The lowest BCUT2D eigenvalue weighted by Gasteiger charge is -1.94. The number of aliphatic imine (C=N–C) groups is 1. The topological polar surface area (TPSA) is 51.3 Å². The van der Waals surface area contributed by atoms with Gasteiger partial charge in [0.15, 0.2) is 0 Å². The molecule has 0 radical (unpaired) electrons. The van der Waals surface area contributed by atoms with Gasteiger partial charge in [-0.05, 0) is 31.0 Å². The van der Waals surface area contributed by atoms with Gasteiger partial charge < -0.3 is 5.73 Å². The smallest absolute Gasteiger partial charge is 0.0851 e. The number of hydrogen-bond donors (Lipinski definition) is 1. The van der Waals surface area contributed by atoms with E-state index in [1.165, 1.54) is 0 Å². The van der Waals surface area contributed by atoms with Gasteiger partial charge in [0.1, 0.15) is 0 Å². The molecule has 0 amide bonds. The Morgan fingerprint density at radius 1 is 1.00 bits per heavy atom. The van der Waals surface area contributed by atoms with Crippen molar-refractivity contribution in [3.63, 3.8) is 0 Å². The van der Waals surface area contributed by atoms with E-state index in [1.807, 2.05) is 36.4 Å². The van der Waals surface area contributed by atoms with Gasteiger partial charge in [-0.15, -0.1) is 0 Å². The van der Waals surface area contributed by atoms with Gasteiger partial charge in [0.25, 0.3) is 0 Å². The second-order valence-corrected chi connectivity index (χ2v) is 2.74. The molecule has 2 aromatic rings. The van der Waals surface area contributed by atoms with Gasteiger partial charge in [-0.1, -0.05) is 18.2 Å². The van der Waals surface area contributed by atoms with Crippen LogP contribution in [-0.2, 0) is 0 Å². The molecule has 1 heterocycles. The van der Waals surface area contributed by atoms with Crippen molar-refractivity contribution < 1.29 is 0 Å². The fourth-order valence-corrected chi connectivity index (χ4v) is 0.944. The third-order valence-electron chi connectivity index (χ3n) is 1.67. The number of anilines is 1. The summed E-state index contributed by atoms with van der Waals surface area (Å²) in [5.41, 5.74) is 6.92. The largest absolute Gasteiger partial charge is 0.397 e. The summed E-state index contributed by atoms with van der Waals surface area (Å²) in [4.78, 5) is 7.48. The van der Waals surface area contributed by atoms with E-state index < -0.39 is 0 Å². The lowest BCUT2D eigenvalue weighted by atomic mass is 10.3. The average Bonchev–Trinajstić information content (AvgIpc) is 2.33. The standard InChI is InChI=1S/C7H8N2.C5H5N/c1-9-7-5-3-2-4-6(7)8;1-2-4-6-5-3-1/h2-5H,1,8H2;1-5H. The van der Waals surface area contributed by atoms with E-state index in [0.29, 0.717) is 5.69 Å². The Hall–Kier alpha value is -2.16. The normalized spacial score (nSPS) is 8.53. The maximum absolute atomic E-state index is 5.50. The van der Waals surface area contributed by atoms with Crippen LogP contribution in [0.3, 0.4) is 0 Å². The number of rotatable bonds is 1. The second kappa shape index (κ2) is 6.32. The lowest BCUT2D eigenvalue weighted by molar-refractivity contribution is 1.33. The molecule has 0 aliphatic rings. The number of nitrogen functional groups attached to an aromatic ring is 1. The molecule has 0 fully saturated rings. The fourth-order valence-electron chi connectivity index (χ4n) is 0.944.